The molecule has 0 unspecified atom stereocenters. The summed E-state index contributed by atoms with van der Waals surface area (Å²) in [5.74, 6) is 1.93. The predicted molar refractivity (Wildman–Crippen MR) is 293 cm³/mol. The van der Waals surface area contributed by atoms with E-state index in [0.717, 1.165) is 12.8 Å². The first-order valence-corrected chi connectivity index (χ1v) is 26.6. The Labute approximate surface area is 439 Å². The first-order chi connectivity index (χ1) is 36.6. The number of hydrogen-bond acceptors (Lipinski definition) is 17. The third kappa shape index (κ3) is 14.7. The monoisotopic (exact) mass is 1070 g/mol. The number of nitrogens with zero attached hydrogens (tertiary/aromatic N) is 4. The van der Waals surface area contributed by atoms with Crippen molar-refractivity contribution in [1.29, 1.82) is 0 Å². The maximum atomic E-state index is 13.4. The number of carbonyl (C=O) groups is 2. The van der Waals surface area contributed by atoms with Crippen molar-refractivity contribution in [2.24, 2.45) is 0 Å². The number of hydrogen-bond donors (Lipinski definition) is 6. The van der Waals surface area contributed by atoms with Gasteiger partial charge >= 0.3 is 0 Å². The van der Waals surface area contributed by atoms with E-state index in [1.54, 1.807) is 97.9 Å². The summed E-state index contributed by atoms with van der Waals surface area (Å²) in [4.78, 5) is 42.3. The molecule has 0 aliphatic heterocycles. The van der Waals surface area contributed by atoms with Crippen LogP contribution >= 0.6 is 0 Å². The van der Waals surface area contributed by atoms with Gasteiger partial charge in [0, 0.05) is 72.2 Å². The standard InChI is InChI=1S/C27H29N5O5S.C26H27N5O6S/c1-4-5-13-25(33)28-18-9-8-10-22(16-18)38(34,35)32-27-26(30-23-11-6-7-12-24(23)31-27)29-19-14-20(36-2)17-21(15-19)37-3;1-4-37-16-24(32)27-17-8-7-9-21(14-17)38(33,34)31-26-25(29-22-10-5-6-11-23(22)30-26)28-18-12-19(35-2)15-20(13-18)36-3/h6-12,14-17H,4-5,13H2,1-3H3,(H,28,33)(H,29,30)(H,31,32);5-15H,4,16H2,1-3H3,(H,27,32)(H,28,29)(H,30,31). The van der Waals surface area contributed by atoms with Crippen LogP contribution in [0.5, 0.6) is 23.0 Å². The molecule has 2 aromatic heterocycles. The predicted octanol–water partition coefficient (Wildman–Crippen LogP) is 9.49. The Bertz CT molecular complexity index is 3310. The molecule has 8 rings (SSSR count). The maximum Gasteiger partial charge on any atom is 0.263 e. The molecule has 0 aliphatic carbocycles. The molecule has 2 heterocycles. The number of ether oxygens (including phenoxy) is 5. The van der Waals surface area contributed by atoms with Crippen LogP contribution in [0.3, 0.4) is 0 Å². The summed E-state index contributed by atoms with van der Waals surface area (Å²) < 4.78 is 85.0. The van der Waals surface area contributed by atoms with Crippen molar-refractivity contribution in [3.63, 3.8) is 0 Å². The summed E-state index contributed by atoms with van der Waals surface area (Å²) >= 11 is 0. The van der Waals surface area contributed by atoms with Crippen LogP contribution in [0.1, 0.15) is 33.1 Å². The molecule has 0 fully saturated rings. The van der Waals surface area contributed by atoms with Crippen LogP contribution < -0.4 is 49.7 Å². The zero-order valence-electron chi connectivity index (χ0n) is 42.3. The van der Waals surface area contributed by atoms with Crippen LogP contribution in [-0.2, 0) is 34.4 Å². The van der Waals surface area contributed by atoms with Crippen LogP contribution in [0.25, 0.3) is 22.1 Å². The Morgan fingerprint density at radius 3 is 1.21 bits per heavy atom. The van der Waals surface area contributed by atoms with Gasteiger partial charge in [0.15, 0.2) is 23.3 Å². The van der Waals surface area contributed by atoms with Crippen LogP contribution in [0.4, 0.5) is 46.0 Å². The van der Waals surface area contributed by atoms with E-state index in [1.165, 1.54) is 58.8 Å². The van der Waals surface area contributed by atoms with Gasteiger partial charge in [-0.1, -0.05) is 49.7 Å². The number of amides is 2. The molecule has 0 spiro atoms. The SMILES string of the molecule is CCCCC(=O)Nc1cccc(S(=O)(=O)Nc2nc3ccccc3nc2Nc2cc(OC)cc(OC)c2)c1.CCOCC(=O)Nc1cccc(S(=O)(=O)Nc2nc3ccccc3nc2Nc2cc(OC)cc(OC)c2)c1. The van der Waals surface area contributed by atoms with Crippen molar-refractivity contribution < 1.29 is 50.1 Å². The molecule has 6 N–H and O–H groups in total. The lowest BCUT2D eigenvalue weighted by atomic mass is 10.2. The van der Waals surface area contributed by atoms with Crippen molar-refractivity contribution in [2.75, 3.05) is 72.4 Å². The van der Waals surface area contributed by atoms with Gasteiger partial charge < -0.3 is 45.0 Å². The van der Waals surface area contributed by atoms with Crippen molar-refractivity contribution in [3.05, 3.63) is 133 Å². The summed E-state index contributed by atoms with van der Waals surface area (Å²) in [5.41, 5.74) is 3.95. The lowest BCUT2D eigenvalue weighted by Crippen LogP contribution is -2.19. The smallest absolute Gasteiger partial charge is 0.263 e. The fourth-order valence-corrected chi connectivity index (χ4v) is 9.27. The minimum atomic E-state index is -4.12. The molecule has 2 amide bonds. The second-order valence-corrected chi connectivity index (χ2v) is 19.7. The summed E-state index contributed by atoms with van der Waals surface area (Å²) in [7, 11) is -2.08. The fraction of sp³-hybridized carbons (Fsp3) is 0.208. The molecular weight excluding hydrogens is 1020 g/mol. The lowest BCUT2D eigenvalue weighted by Gasteiger charge is -2.15. The average molecular weight is 1070 g/mol. The quantitative estimate of drug-likeness (QED) is 0.0369. The van der Waals surface area contributed by atoms with E-state index in [4.69, 9.17) is 23.7 Å². The van der Waals surface area contributed by atoms with E-state index in [1.807, 2.05) is 19.1 Å². The van der Waals surface area contributed by atoms with Gasteiger partial charge in [0.05, 0.1) is 60.3 Å². The number of benzene rings is 6. The number of fused-ring (bicyclic) bond motifs is 2. The molecule has 76 heavy (non-hydrogen) atoms. The summed E-state index contributed by atoms with van der Waals surface area (Å²) in [6.45, 7) is 4.02. The van der Waals surface area contributed by atoms with Gasteiger partial charge in [-0.2, -0.15) is 0 Å². The van der Waals surface area contributed by atoms with E-state index >= 15 is 0 Å². The van der Waals surface area contributed by atoms with Crippen LogP contribution in [0.2, 0.25) is 0 Å². The minimum Gasteiger partial charge on any atom is -0.497 e. The first kappa shape index (κ1) is 55.0. The highest BCUT2D eigenvalue weighted by molar-refractivity contribution is 7.93. The molecule has 0 atom stereocenters. The first-order valence-electron chi connectivity index (χ1n) is 23.6. The van der Waals surface area contributed by atoms with Crippen molar-refractivity contribution in [1.82, 2.24) is 19.9 Å². The zero-order chi connectivity index (χ0) is 54.2. The van der Waals surface area contributed by atoms with Gasteiger partial charge in [0.2, 0.25) is 11.8 Å². The van der Waals surface area contributed by atoms with Crippen molar-refractivity contribution in [3.8, 4) is 23.0 Å². The molecule has 0 aliphatic rings. The number of carbonyl (C=O) groups excluding carboxylic acids is 2. The van der Waals surface area contributed by atoms with Crippen molar-refractivity contribution >= 4 is 99.9 Å². The van der Waals surface area contributed by atoms with E-state index in [0.29, 0.717) is 80.8 Å². The molecule has 23 heteroatoms. The van der Waals surface area contributed by atoms with E-state index in [-0.39, 0.29) is 45.6 Å². The number of anilines is 8. The molecule has 6 aromatic carbocycles. The van der Waals surface area contributed by atoms with Crippen LogP contribution in [0.15, 0.2) is 143 Å². The van der Waals surface area contributed by atoms with Gasteiger partial charge in [0.1, 0.15) is 29.6 Å². The molecule has 0 bridgehead atoms. The number of para-hydroxylation sites is 4. The van der Waals surface area contributed by atoms with E-state index < -0.39 is 26.0 Å². The molecule has 0 radical (unpaired) electrons. The van der Waals surface area contributed by atoms with Gasteiger partial charge in [-0.25, -0.2) is 36.8 Å². The minimum absolute atomic E-state index is 0.00266. The largest absolute Gasteiger partial charge is 0.497 e. The second kappa shape index (κ2) is 25.4. The number of aromatic nitrogens is 4. The van der Waals surface area contributed by atoms with E-state index in [9.17, 15) is 26.4 Å². The molecule has 8 aromatic rings. The van der Waals surface area contributed by atoms with Crippen molar-refractivity contribution in [2.45, 2.75) is 42.9 Å². The maximum absolute atomic E-state index is 13.4. The summed E-state index contributed by atoms with van der Waals surface area (Å²) in [6, 6.07) is 36.5. The van der Waals surface area contributed by atoms with Gasteiger partial charge in [-0.05, 0) is 74.0 Å². The fourth-order valence-electron chi connectivity index (χ4n) is 7.16. The number of nitrogens with one attached hydrogen (secondary N) is 6. The highest BCUT2D eigenvalue weighted by Crippen LogP contribution is 2.34. The normalized spacial score (nSPS) is 11.1. The van der Waals surface area contributed by atoms with Gasteiger partial charge in [-0.3, -0.25) is 19.0 Å². The zero-order valence-corrected chi connectivity index (χ0v) is 44.0. The topological polar surface area (TPSA) is 272 Å². The number of unbranched alkanes of at least 4 members (excludes halogenated alkanes) is 1. The third-order valence-corrected chi connectivity index (χ3v) is 13.6. The molecule has 0 saturated carbocycles. The Balaban J connectivity index is 0.000000221. The average Bonchev–Trinajstić information content (AvgIpc) is 3.42. The second-order valence-electron chi connectivity index (χ2n) is 16.4. The highest BCUT2D eigenvalue weighted by atomic mass is 32.2. The Hall–Kier alpha value is -8.80. The Morgan fingerprint density at radius 2 is 0.842 bits per heavy atom. The lowest BCUT2D eigenvalue weighted by molar-refractivity contribution is -0.120. The van der Waals surface area contributed by atoms with Gasteiger partial charge in [-0.15, -0.1) is 0 Å². The third-order valence-electron chi connectivity index (χ3n) is 10.9. The Morgan fingerprint density at radius 1 is 0.461 bits per heavy atom. The number of sulfonamides is 2. The molecule has 21 nitrogen and oxygen atoms in total. The van der Waals surface area contributed by atoms with E-state index in [2.05, 4.69) is 50.6 Å². The summed E-state index contributed by atoms with van der Waals surface area (Å²) in [6.07, 6.45) is 2.00. The molecular formula is C53H56N10O11S2. The molecule has 396 valence electrons. The number of methoxy groups -OCH3 is 4. The number of rotatable bonds is 22. The Kier molecular flexibility index (Phi) is 18.4. The van der Waals surface area contributed by atoms with Crippen LogP contribution in [-0.4, -0.2) is 90.2 Å². The van der Waals surface area contributed by atoms with Gasteiger partial charge in [0.25, 0.3) is 20.0 Å². The van der Waals surface area contributed by atoms with Crippen LogP contribution in [0, 0.1) is 0 Å². The molecule has 0 saturated heterocycles. The highest BCUT2D eigenvalue weighted by Gasteiger charge is 2.22. The summed E-state index contributed by atoms with van der Waals surface area (Å²) in [5, 5.41) is 11.6.